The van der Waals surface area contributed by atoms with E-state index in [1.165, 1.54) is 12.3 Å². The number of nitrogens with zero attached hydrogens (tertiary/aromatic N) is 3. The molecule has 10 heteroatoms. The van der Waals surface area contributed by atoms with Crippen molar-refractivity contribution >= 4 is 23.5 Å². The third kappa shape index (κ3) is 6.53. The highest BCUT2D eigenvalue weighted by atomic mass is 35.5. The number of aromatic nitrogens is 2. The molecule has 1 aliphatic heterocycles. The zero-order valence-corrected chi connectivity index (χ0v) is 23.0. The van der Waals surface area contributed by atoms with Crippen molar-refractivity contribution in [3.8, 4) is 28.7 Å². The molecule has 1 amide bonds. The number of carbonyl (C=O) groups excluding carboxylic acids is 1. The lowest BCUT2D eigenvalue weighted by Gasteiger charge is -2.52. The van der Waals surface area contributed by atoms with Crippen LogP contribution in [0.2, 0.25) is 5.02 Å². The molecule has 0 bridgehead atoms. The molecule has 9 nitrogen and oxygen atoms in total. The Balaban J connectivity index is 1.59. The number of rotatable bonds is 7. The van der Waals surface area contributed by atoms with Crippen LogP contribution < -0.4 is 15.4 Å². The number of piperidine rings is 1. The summed E-state index contributed by atoms with van der Waals surface area (Å²) in [5.41, 5.74) is 0.183. The molecule has 3 N–H and O–H groups in total. The molecule has 0 aliphatic carbocycles. The number of nitriles is 1. The quantitative estimate of drug-likeness (QED) is 0.360. The molecule has 0 unspecified atom stereocenters. The fourth-order valence-electron chi connectivity index (χ4n) is 5.88. The minimum Gasteiger partial charge on any atom is -0.481 e. The van der Waals surface area contributed by atoms with Gasteiger partial charge < -0.3 is 20.5 Å². The van der Waals surface area contributed by atoms with Gasteiger partial charge in [-0.2, -0.15) is 15.5 Å². The first-order valence-corrected chi connectivity index (χ1v) is 12.8. The van der Waals surface area contributed by atoms with Gasteiger partial charge in [-0.15, -0.1) is 0 Å². The predicted molar refractivity (Wildman–Crippen MR) is 147 cm³/mol. The summed E-state index contributed by atoms with van der Waals surface area (Å²) < 4.78 is 6.00. The van der Waals surface area contributed by atoms with E-state index in [0.29, 0.717) is 35.3 Å². The van der Waals surface area contributed by atoms with Gasteiger partial charge in [-0.3, -0.25) is 9.59 Å². The molecule has 0 saturated carbocycles. The summed E-state index contributed by atoms with van der Waals surface area (Å²) in [6, 6.07) is 13.7. The van der Waals surface area contributed by atoms with E-state index in [1.807, 2.05) is 27.7 Å². The van der Waals surface area contributed by atoms with Gasteiger partial charge in [0, 0.05) is 27.8 Å². The van der Waals surface area contributed by atoms with Gasteiger partial charge in [0.1, 0.15) is 23.1 Å². The van der Waals surface area contributed by atoms with E-state index in [4.69, 9.17) is 16.3 Å². The highest BCUT2D eigenvalue weighted by molar-refractivity contribution is 6.32. The Bertz CT molecular complexity index is 1430. The summed E-state index contributed by atoms with van der Waals surface area (Å²) in [5.74, 6) is -0.851. The number of amides is 1. The number of benzene rings is 2. The SMILES string of the molecule is CC1(C)CC(CC(=O)O)(NC(=O)c2ccc(Oc3cccc(-c4ccnnc4)c3C#N)c(Cl)c2)CC(C)(C)N1. The number of carboxylic acids is 1. The number of carboxylic acid groups (broad SMARTS) is 1. The van der Waals surface area contributed by atoms with Crippen LogP contribution >= 0.6 is 11.6 Å². The third-order valence-electron chi connectivity index (χ3n) is 6.55. The van der Waals surface area contributed by atoms with Crippen molar-refractivity contribution in [2.45, 2.75) is 63.6 Å². The van der Waals surface area contributed by atoms with Crippen molar-refractivity contribution < 1.29 is 19.4 Å². The lowest BCUT2D eigenvalue weighted by Crippen LogP contribution is -2.68. The second-order valence-electron chi connectivity index (χ2n) is 11.2. The zero-order chi connectivity index (χ0) is 28.4. The molecule has 0 atom stereocenters. The summed E-state index contributed by atoms with van der Waals surface area (Å²) in [5, 5.41) is 33.9. The fraction of sp³-hybridized carbons (Fsp3) is 0.345. The third-order valence-corrected chi connectivity index (χ3v) is 6.85. The van der Waals surface area contributed by atoms with Crippen LogP contribution in [0.3, 0.4) is 0 Å². The fourth-order valence-corrected chi connectivity index (χ4v) is 6.10. The first-order valence-electron chi connectivity index (χ1n) is 12.4. The van der Waals surface area contributed by atoms with Gasteiger partial charge in [0.2, 0.25) is 0 Å². The van der Waals surface area contributed by atoms with Crippen molar-refractivity contribution in [3.05, 3.63) is 71.0 Å². The Labute approximate surface area is 232 Å². The summed E-state index contributed by atoms with van der Waals surface area (Å²) in [7, 11) is 0. The number of nitrogens with one attached hydrogen (secondary N) is 2. The second-order valence-corrected chi connectivity index (χ2v) is 11.6. The first-order chi connectivity index (χ1) is 18.3. The van der Waals surface area contributed by atoms with Crippen molar-refractivity contribution in [3.63, 3.8) is 0 Å². The minimum absolute atomic E-state index is 0.167. The van der Waals surface area contributed by atoms with Gasteiger partial charge in [-0.25, -0.2) is 0 Å². The standard InChI is InChI=1S/C29H30ClN5O4/c1-27(2)16-29(13-25(36)37,17-28(3,4)35-27)34-26(38)18-8-9-24(22(30)12-18)39-23-7-5-6-20(21(23)14-31)19-10-11-32-33-15-19/h5-12,15,35H,13,16-17H2,1-4H3,(H,34,38)(H,36,37). The summed E-state index contributed by atoms with van der Waals surface area (Å²) >= 11 is 6.52. The molecule has 1 aliphatic rings. The van der Waals surface area contributed by atoms with Crippen LogP contribution in [0.15, 0.2) is 54.9 Å². The molecular formula is C29H30ClN5O4. The van der Waals surface area contributed by atoms with Gasteiger partial charge in [-0.1, -0.05) is 23.7 Å². The average Bonchev–Trinajstić information content (AvgIpc) is 2.82. The molecule has 0 spiro atoms. The van der Waals surface area contributed by atoms with Crippen LogP contribution in [-0.4, -0.2) is 43.8 Å². The largest absolute Gasteiger partial charge is 0.481 e. The highest BCUT2D eigenvalue weighted by Gasteiger charge is 2.49. The molecule has 4 rings (SSSR count). The topological polar surface area (TPSA) is 137 Å². The maximum Gasteiger partial charge on any atom is 0.305 e. The van der Waals surface area contributed by atoms with Crippen LogP contribution in [-0.2, 0) is 4.79 Å². The van der Waals surface area contributed by atoms with Gasteiger partial charge in [0.25, 0.3) is 5.91 Å². The van der Waals surface area contributed by atoms with Gasteiger partial charge in [-0.05, 0) is 70.9 Å². The Morgan fingerprint density at radius 2 is 1.82 bits per heavy atom. The number of ether oxygens (including phenoxy) is 1. The van der Waals surface area contributed by atoms with E-state index in [1.54, 1.807) is 42.6 Å². The van der Waals surface area contributed by atoms with E-state index in [-0.39, 0.29) is 33.8 Å². The zero-order valence-electron chi connectivity index (χ0n) is 22.2. The van der Waals surface area contributed by atoms with Gasteiger partial charge in [0.15, 0.2) is 0 Å². The van der Waals surface area contributed by atoms with Crippen LogP contribution in [0.25, 0.3) is 11.1 Å². The molecule has 1 fully saturated rings. The number of hydrogen-bond acceptors (Lipinski definition) is 7. The van der Waals surface area contributed by atoms with Crippen LogP contribution in [0.1, 0.15) is 62.9 Å². The number of hydrogen-bond donors (Lipinski definition) is 3. The number of halogens is 1. The molecule has 3 aromatic rings. The Morgan fingerprint density at radius 3 is 2.41 bits per heavy atom. The Hall–Kier alpha value is -4.00. The summed E-state index contributed by atoms with van der Waals surface area (Å²) in [6.45, 7) is 7.98. The van der Waals surface area contributed by atoms with Crippen molar-refractivity contribution in [1.82, 2.24) is 20.8 Å². The predicted octanol–water partition coefficient (Wildman–Crippen LogP) is 5.34. The van der Waals surface area contributed by atoms with Crippen molar-refractivity contribution in [1.29, 1.82) is 5.26 Å². The monoisotopic (exact) mass is 547 g/mol. The van der Waals surface area contributed by atoms with Gasteiger partial charge >= 0.3 is 5.97 Å². The number of aliphatic carboxylic acids is 1. The van der Waals surface area contributed by atoms with E-state index in [0.717, 1.165) is 0 Å². The maximum atomic E-state index is 13.4. The first kappa shape index (κ1) is 28.0. The summed E-state index contributed by atoms with van der Waals surface area (Å²) in [4.78, 5) is 25.2. The normalized spacial score (nSPS) is 17.0. The van der Waals surface area contributed by atoms with Crippen molar-refractivity contribution in [2.24, 2.45) is 0 Å². The number of carbonyl (C=O) groups is 2. The van der Waals surface area contributed by atoms with Crippen LogP contribution in [0.4, 0.5) is 0 Å². The van der Waals surface area contributed by atoms with E-state index in [2.05, 4.69) is 26.9 Å². The lowest BCUT2D eigenvalue weighted by atomic mass is 9.69. The second kappa shape index (κ2) is 10.6. The maximum absolute atomic E-state index is 13.4. The lowest BCUT2D eigenvalue weighted by molar-refractivity contribution is -0.139. The van der Waals surface area contributed by atoms with Crippen molar-refractivity contribution in [2.75, 3.05) is 0 Å². The molecule has 2 heterocycles. The molecule has 0 radical (unpaired) electrons. The molecule has 202 valence electrons. The van der Waals surface area contributed by atoms with E-state index >= 15 is 0 Å². The average molecular weight is 548 g/mol. The Kier molecular flexibility index (Phi) is 7.64. The smallest absolute Gasteiger partial charge is 0.305 e. The summed E-state index contributed by atoms with van der Waals surface area (Å²) in [6.07, 6.45) is 3.77. The molecule has 2 aromatic carbocycles. The molecule has 1 saturated heterocycles. The molecule has 39 heavy (non-hydrogen) atoms. The van der Waals surface area contributed by atoms with Crippen LogP contribution in [0, 0.1) is 11.3 Å². The van der Waals surface area contributed by atoms with E-state index in [9.17, 15) is 20.0 Å². The van der Waals surface area contributed by atoms with E-state index < -0.39 is 17.4 Å². The molecular weight excluding hydrogens is 518 g/mol. The molecule has 1 aromatic heterocycles. The highest BCUT2D eigenvalue weighted by Crippen LogP contribution is 2.39. The minimum atomic E-state index is -0.983. The van der Waals surface area contributed by atoms with Crippen LogP contribution in [0.5, 0.6) is 11.5 Å². The Morgan fingerprint density at radius 1 is 1.10 bits per heavy atom. The van der Waals surface area contributed by atoms with Gasteiger partial charge in [0.05, 0.1) is 29.4 Å².